The lowest BCUT2D eigenvalue weighted by atomic mass is 10.1. The maximum Gasteiger partial charge on any atom is 0.417 e. The molecule has 0 unspecified atom stereocenters. The number of rotatable bonds is 0. The minimum atomic E-state index is -4.54. The van der Waals surface area contributed by atoms with Crippen molar-refractivity contribution in [3.8, 4) is 0 Å². The second kappa shape index (κ2) is 3.87. The zero-order chi connectivity index (χ0) is 12.8. The molecule has 0 atom stereocenters. The number of aromatic nitrogens is 1. The van der Waals surface area contributed by atoms with E-state index >= 15 is 0 Å². The van der Waals surface area contributed by atoms with Crippen molar-refractivity contribution < 1.29 is 13.2 Å². The lowest BCUT2D eigenvalue weighted by Gasteiger charge is -2.12. The Hall–Kier alpha value is -1.30. The molecule has 0 N–H and O–H groups in total. The molecule has 0 aliphatic rings. The molecule has 0 saturated heterocycles. The molecule has 0 radical (unpaired) electrons. The third-order valence-corrected chi connectivity index (χ3v) is 3.01. The SMILES string of the molecule is Cn1c(=O)cc(C(F)(F)F)c2cc(Br)ccc21. The Morgan fingerprint density at radius 3 is 2.47 bits per heavy atom. The summed E-state index contributed by atoms with van der Waals surface area (Å²) in [6.07, 6.45) is -4.54. The fourth-order valence-corrected chi connectivity index (χ4v) is 2.03. The summed E-state index contributed by atoms with van der Waals surface area (Å²) in [4.78, 5) is 11.4. The van der Waals surface area contributed by atoms with Crippen LogP contribution in [0.25, 0.3) is 10.9 Å². The van der Waals surface area contributed by atoms with Crippen LogP contribution in [0.5, 0.6) is 0 Å². The van der Waals surface area contributed by atoms with E-state index in [1.54, 1.807) is 6.07 Å². The highest BCUT2D eigenvalue weighted by atomic mass is 79.9. The van der Waals surface area contributed by atoms with Gasteiger partial charge in [0.05, 0.1) is 11.1 Å². The Morgan fingerprint density at radius 2 is 1.88 bits per heavy atom. The van der Waals surface area contributed by atoms with Gasteiger partial charge in [-0.15, -0.1) is 0 Å². The number of hydrogen-bond donors (Lipinski definition) is 0. The standard InChI is InChI=1S/C11H7BrF3NO/c1-16-9-3-2-6(12)4-7(9)8(5-10(16)17)11(13,14)15/h2-5H,1H3. The Morgan fingerprint density at radius 1 is 1.24 bits per heavy atom. The molecular weight excluding hydrogens is 299 g/mol. The van der Waals surface area contributed by atoms with Gasteiger partial charge in [-0.1, -0.05) is 15.9 Å². The second-order valence-corrected chi connectivity index (χ2v) is 4.53. The van der Waals surface area contributed by atoms with Gasteiger partial charge in [0.25, 0.3) is 5.56 Å². The number of pyridine rings is 1. The number of aryl methyl sites for hydroxylation is 1. The van der Waals surface area contributed by atoms with Crippen molar-refractivity contribution in [3.63, 3.8) is 0 Å². The molecule has 1 heterocycles. The summed E-state index contributed by atoms with van der Waals surface area (Å²) in [6, 6.07) is 5.06. The van der Waals surface area contributed by atoms with Gasteiger partial charge in [-0.2, -0.15) is 13.2 Å². The van der Waals surface area contributed by atoms with Crippen LogP contribution in [0.3, 0.4) is 0 Å². The predicted molar refractivity (Wildman–Crippen MR) is 61.9 cm³/mol. The first-order chi connectivity index (χ1) is 7.80. The van der Waals surface area contributed by atoms with E-state index in [0.717, 1.165) is 0 Å². The molecule has 1 aromatic heterocycles. The largest absolute Gasteiger partial charge is 0.417 e. The molecule has 0 bridgehead atoms. The fraction of sp³-hybridized carbons (Fsp3) is 0.182. The maximum atomic E-state index is 12.8. The maximum absolute atomic E-state index is 12.8. The van der Waals surface area contributed by atoms with Crippen molar-refractivity contribution in [2.45, 2.75) is 6.18 Å². The van der Waals surface area contributed by atoms with Gasteiger partial charge in [0, 0.05) is 23.0 Å². The van der Waals surface area contributed by atoms with Crippen LogP contribution in [0, 0.1) is 0 Å². The van der Waals surface area contributed by atoms with Crippen LogP contribution < -0.4 is 5.56 Å². The monoisotopic (exact) mass is 305 g/mol. The van der Waals surface area contributed by atoms with Crippen LogP contribution in [0.1, 0.15) is 5.56 Å². The number of halogens is 4. The molecule has 0 aliphatic carbocycles. The van der Waals surface area contributed by atoms with E-state index in [0.29, 0.717) is 10.5 Å². The van der Waals surface area contributed by atoms with E-state index in [9.17, 15) is 18.0 Å². The molecular formula is C11H7BrF3NO. The summed E-state index contributed by atoms with van der Waals surface area (Å²) in [6.45, 7) is 0. The highest BCUT2D eigenvalue weighted by molar-refractivity contribution is 9.10. The average Bonchev–Trinajstić information content (AvgIpc) is 2.21. The zero-order valence-corrected chi connectivity index (χ0v) is 10.3. The highest BCUT2D eigenvalue weighted by Crippen LogP contribution is 2.34. The number of benzene rings is 1. The first-order valence-electron chi connectivity index (χ1n) is 4.67. The smallest absolute Gasteiger partial charge is 0.311 e. The Bertz CT molecular complexity index is 645. The Labute approximate surface area is 103 Å². The highest BCUT2D eigenvalue weighted by Gasteiger charge is 2.33. The van der Waals surface area contributed by atoms with E-state index in [1.807, 2.05) is 0 Å². The molecule has 17 heavy (non-hydrogen) atoms. The molecule has 0 aliphatic heterocycles. The van der Waals surface area contributed by atoms with Gasteiger partial charge in [-0.25, -0.2) is 0 Å². The quantitative estimate of drug-likeness (QED) is 0.732. The summed E-state index contributed by atoms with van der Waals surface area (Å²) in [5, 5.41) is 0.00831. The van der Waals surface area contributed by atoms with Crippen LogP contribution in [0.2, 0.25) is 0 Å². The number of alkyl halides is 3. The molecule has 2 nitrogen and oxygen atoms in total. The molecule has 2 aromatic rings. The second-order valence-electron chi connectivity index (χ2n) is 3.61. The first-order valence-corrected chi connectivity index (χ1v) is 5.46. The normalized spacial score (nSPS) is 12.1. The van der Waals surface area contributed by atoms with E-state index in [4.69, 9.17) is 0 Å². The van der Waals surface area contributed by atoms with Crippen molar-refractivity contribution in [2.75, 3.05) is 0 Å². The van der Waals surface area contributed by atoms with Gasteiger partial charge in [0.2, 0.25) is 0 Å². The summed E-state index contributed by atoms with van der Waals surface area (Å²) in [5.74, 6) is 0. The van der Waals surface area contributed by atoms with E-state index in [1.165, 1.54) is 23.7 Å². The van der Waals surface area contributed by atoms with E-state index < -0.39 is 17.3 Å². The van der Waals surface area contributed by atoms with Gasteiger partial charge < -0.3 is 4.57 Å². The summed E-state index contributed by atoms with van der Waals surface area (Å²) < 4.78 is 40.1. The van der Waals surface area contributed by atoms with Gasteiger partial charge in [-0.3, -0.25) is 4.79 Å². The van der Waals surface area contributed by atoms with Gasteiger partial charge >= 0.3 is 6.18 Å². The Balaban J connectivity index is 2.98. The average molecular weight is 306 g/mol. The van der Waals surface area contributed by atoms with Crippen LogP contribution in [0.15, 0.2) is 33.5 Å². The molecule has 90 valence electrons. The van der Waals surface area contributed by atoms with Gasteiger partial charge in [0.1, 0.15) is 0 Å². The molecule has 0 spiro atoms. The lowest BCUT2D eigenvalue weighted by molar-refractivity contribution is -0.136. The van der Waals surface area contributed by atoms with Crippen LogP contribution in [-0.2, 0) is 13.2 Å². The Kier molecular flexibility index (Phi) is 2.77. The van der Waals surface area contributed by atoms with Crippen LogP contribution in [0.4, 0.5) is 13.2 Å². The van der Waals surface area contributed by atoms with Crippen molar-refractivity contribution in [2.24, 2.45) is 7.05 Å². The number of nitrogens with zero attached hydrogens (tertiary/aromatic N) is 1. The first kappa shape index (κ1) is 12.2. The topological polar surface area (TPSA) is 22.0 Å². The zero-order valence-electron chi connectivity index (χ0n) is 8.68. The third-order valence-electron chi connectivity index (χ3n) is 2.51. The summed E-state index contributed by atoms with van der Waals surface area (Å²) in [7, 11) is 1.44. The molecule has 6 heteroatoms. The minimum absolute atomic E-state index is 0.00831. The van der Waals surface area contributed by atoms with Gasteiger partial charge in [0.15, 0.2) is 0 Å². The van der Waals surface area contributed by atoms with Gasteiger partial charge in [-0.05, 0) is 18.2 Å². The number of hydrogen-bond acceptors (Lipinski definition) is 1. The third kappa shape index (κ3) is 2.09. The summed E-state index contributed by atoms with van der Waals surface area (Å²) in [5.41, 5.74) is -1.32. The van der Waals surface area contributed by atoms with Crippen LogP contribution in [-0.4, -0.2) is 4.57 Å². The lowest BCUT2D eigenvalue weighted by Crippen LogP contribution is -2.20. The molecule has 0 amide bonds. The van der Waals surface area contributed by atoms with Crippen molar-refractivity contribution in [1.82, 2.24) is 4.57 Å². The molecule has 0 fully saturated rings. The fourth-order valence-electron chi connectivity index (χ4n) is 1.67. The van der Waals surface area contributed by atoms with Crippen molar-refractivity contribution in [1.29, 1.82) is 0 Å². The predicted octanol–water partition coefficient (Wildman–Crippen LogP) is 3.32. The molecule has 0 saturated carbocycles. The van der Waals surface area contributed by atoms with Crippen LogP contribution >= 0.6 is 15.9 Å². The molecule has 2 rings (SSSR count). The van der Waals surface area contributed by atoms with Crippen molar-refractivity contribution in [3.05, 3.63) is 44.7 Å². The molecule has 1 aromatic carbocycles. The number of fused-ring (bicyclic) bond motifs is 1. The summed E-state index contributed by atoms with van der Waals surface area (Å²) >= 11 is 3.12. The van der Waals surface area contributed by atoms with Crippen molar-refractivity contribution >= 4 is 26.8 Å². The van der Waals surface area contributed by atoms with E-state index in [2.05, 4.69) is 15.9 Å². The minimum Gasteiger partial charge on any atom is -0.311 e. The van der Waals surface area contributed by atoms with E-state index in [-0.39, 0.29) is 10.9 Å².